The third-order valence-corrected chi connectivity index (χ3v) is 3.50. The number of carbonyl (C=O) groups excluding carboxylic acids is 2. The molecule has 2 aromatic rings. The molecule has 0 saturated heterocycles. The van der Waals surface area contributed by atoms with E-state index in [0.717, 1.165) is 5.56 Å². The average Bonchev–Trinajstić information content (AvgIpc) is 2.57. The van der Waals surface area contributed by atoms with E-state index in [4.69, 9.17) is 4.74 Å². The van der Waals surface area contributed by atoms with Gasteiger partial charge in [-0.2, -0.15) is 0 Å². The van der Waals surface area contributed by atoms with Crippen molar-refractivity contribution in [2.75, 3.05) is 10.6 Å². The smallest absolute Gasteiger partial charge is 0.265 e. The molecule has 2 aromatic carbocycles. The molecule has 0 aliphatic carbocycles. The molecule has 0 unspecified atom stereocenters. The molecule has 2 rings (SSSR count). The van der Waals surface area contributed by atoms with Crippen molar-refractivity contribution in [3.05, 3.63) is 54.1 Å². The number of hydrogen-bond acceptors (Lipinski definition) is 3. The van der Waals surface area contributed by atoms with E-state index in [9.17, 15) is 9.59 Å². The van der Waals surface area contributed by atoms with Crippen molar-refractivity contribution in [2.24, 2.45) is 0 Å². The predicted octanol–water partition coefficient (Wildman–Crippen LogP) is 3.75. The highest BCUT2D eigenvalue weighted by Gasteiger charge is 2.16. The molecule has 0 radical (unpaired) electrons. The maximum atomic E-state index is 12.3. The summed E-state index contributed by atoms with van der Waals surface area (Å²) in [7, 11) is 0. The van der Waals surface area contributed by atoms with Gasteiger partial charge in [0.2, 0.25) is 5.91 Å². The van der Waals surface area contributed by atoms with Gasteiger partial charge in [-0.05, 0) is 43.7 Å². The van der Waals surface area contributed by atoms with Crippen LogP contribution in [0.15, 0.2) is 48.5 Å². The Kier molecular flexibility index (Phi) is 5.95. The molecule has 0 aliphatic rings. The number of hydrogen-bond donors (Lipinski definition) is 2. The van der Waals surface area contributed by atoms with Gasteiger partial charge in [-0.3, -0.25) is 9.59 Å². The Labute approximate surface area is 142 Å². The van der Waals surface area contributed by atoms with Crippen molar-refractivity contribution in [3.63, 3.8) is 0 Å². The van der Waals surface area contributed by atoms with Crippen LogP contribution in [0.1, 0.15) is 25.8 Å². The molecule has 0 bridgehead atoms. The summed E-state index contributed by atoms with van der Waals surface area (Å²) in [6.45, 7) is 5.41. The van der Waals surface area contributed by atoms with Gasteiger partial charge >= 0.3 is 0 Å². The fourth-order valence-corrected chi connectivity index (χ4v) is 2.10. The van der Waals surface area contributed by atoms with E-state index in [1.54, 1.807) is 38.1 Å². The van der Waals surface area contributed by atoms with Crippen LogP contribution >= 0.6 is 0 Å². The maximum absolute atomic E-state index is 12.3. The van der Waals surface area contributed by atoms with E-state index in [-0.39, 0.29) is 11.8 Å². The van der Waals surface area contributed by atoms with Gasteiger partial charge in [-0.15, -0.1) is 0 Å². The van der Waals surface area contributed by atoms with Gasteiger partial charge in [0.15, 0.2) is 6.10 Å². The zero-order valence-corrected chi connectivity index (χ0v) is 14.1. The van der Waals surface area contributed by atoms with Crippen molar-refractivity contribution < 1.29 is 14.3 Å². The monoisotopic (exact) mass is 326 g/mol. The first-order chi connectivity index (χ1) is 11.5. The van der Waals surface area contributed by atoms with Crippen LogP contribution in [0.4, 0.5) is 11.4 Å². The minimum Gasteiger partial charge on any atom is -0.481 e. The fourth-order valence-electron chi connectivity index (χ4n) is 2.10. The van der Waals surface area contributed by atoms with E-state index in [1.807, 2.05) is 31.2 Å². The van der Waals surface area contributed by atoms with Gasteiger partial charge in [0, 0.05) is 17.8 Å². The lowest BCUT2D eigenvalue weighted by Crippen LogP contribution is -2.30. The molecule has 0 saturated carbocycles. The number of aryl methyl sites for hydroxylation is 1. The van der Waals surface area contributed by atoms with Crippen LogP contribution in [0.25, 0.3) is 0 Å². The zero-order valence-electron chi connectivity index (χ0n) is 14.1. The first kappa shape index (κ1) is 17.5. The highest BCUT2D eigenvalue weighted by atomic mass is 16.5. The zero-order chi connectivity index (χ0) is 17.5. The van der Waals surface area contributed by atoms with Crippen LogP contribution < -0.4 is 15.4 Å². The second-order valence-corrected chi connectivity index (χ2v) is 5.50. The summed E-state index contributed by atoms with van der Waals surface area (Å²) in [4.78, 5) is 23.7. The van der Waals surface area contributed by atoms with Crippen molar-refractivity contribution in [3.8, 4) is 5.75 Å². The predicted molar refractivity (Wildman–Crippen MR) is 95.3 cm³/mol. The van der Waals surface area contributed by atoms with Gasteiger partial charge in [0.25, 0.3) is 5.91 Å². The molecule has 5 nitrogen and oxygen atoms in total. The van der Waals surface area contributed by atoms with Crippen molar-refractivity contribution in [1.82, 2.24) is 0 Å². The number of benzene rings is 2. The third-order valence-electron chi connectivity index (χ3n) is 3.50. The SMILES string of the molecule is CCC(=O)Nc1cccc(NC(=O)[C@@H](C)Oc2ccccc2C)c1. The molecule has 0 fully saturated rings. The van der Waals surface area contributed by atoms with Crippen LogP contribution in [0.3, 0.4) is 0 Å². The summed E-state index contributed by atoms with van der Waals surface area (Å²) in [5.41, 5.74) is 2.22. The molecule has 0 heterocycles. The Morgan fingerprint density at radius 1 is 1.04 bits per heavy atom. The normalized spacial score (nSPS) is 11.5. The molecule has 1 atom stereocenters. The molecule has 126 valence electrons. The summed E-state index contributed by atoms with van der Waals surface area (Å²) in [6.07, 6.45) is -0.238. The lowest BCUT2D eigenvalue weighted by Gasteiger charge is -2.16. The number of carbonyl (C=O) groups is 2. The number of anilines is 2. The minimum atomic E-state index is -0.639. The Hall–Kier alpha value is -2.82. The van der Waals surface area contributed by atoms with Gasteiger partial charge in [0.05, 0.1) is 0 Å². The molecular weight excluding hydrogens is 304 g/mol. The third kappa shape index (κ3) is 4.84. The second-order valence-electron chi connectivity index (χ2n) is 5.50. The lowest BCUT2D eigenvalue weighted by molar-refractivity contribution is -0.122. The fraction of sp³-hybridized carbons (Fsp3) is 0.263. The topological polar surface area (TPSA) is 67.4 Å². The molecule has 0 aliphatic heterocycles. The minimum absolute atomic E-state index is 0.0743. The second kappa shape index (κ2) is 8.15. The number of ether oxygens (including phenoxy) is 1. The standard InChI is InChI=1S/C19H22N2O3/c1-4-18(22)20-15-9-7-10-16(12-15)21-19(23)14(3)24-17-11-6-5-8-13(17)2/h5-12,14H,4H2,1-3H3,(H,20,22)(H,21,23)/t14-/m1/s1. The summed E-state index contributed by atoms with van der Waals surface area (Å²) in [5, 5.41) is 5.56. The first-order valence-electron chi connectivity index (χ1n) is 7.92. The van der Waals surface area contributed by atoms with E-state index < -0.39 is 6.10 Å². The van der Waals surface area contributed by atoms with E-state index in [2.05, 4.69) is 10.6 Å². The van der Waals surface area contributed by atoms with E-state index in [0.29, 0.717) is 23.5 Å². The number of nitrogens with one attached hydrogen (secondary N) is 2. The van der Waals surface area contributed by atoms with Crippen LogP contribution in [0.5, 0.6) is 5.75 Å². The maximum Gasteiger partial charge on any atom is 0.265 e. The Morgan fingerprint density at radius 2 is 1.71 bits per heavy atom. The van der Waals surface area contributed by atoms with Gasteiger partial charge in [0.1, 0.15) is 5.75 Å². The highest BCUT2D eigenvalue weighted by Crippen LogP contribution is 2.19. The van der Waals surface area contributed by atoms with Crippen LogP contribution in [0.2, 0.25) is 0 Å². The molecule has 2 N–H and O–H groups in total. The van der Waals surface area contributed by atoms with Crippen molar-refractivity contribution in [2.45, 2.75) is 33.3 Å². The van der Waals surface area contributed by atoms with Crippen molar-refractivity contribution >= 4 is 23.2 Å². The first-order valence-corrected chi connectivity index (χ1v) is 7.92. The number of amides is 2. The summed E-state index contributed by atoms with van der Waals surface area (Å²) in [5.74, 6) is 0.357. The average molecular weight is 326 g/mol. The summed E-state index contributed by atoms with van der Waals surface area (Å²) >= 11 is 0. The molecular formula is C19H22N2O3. The molecule has 0 aromatic heterocycles. The molecule has 5 heteroatoms. The Balaban J connectivity index is 2.00. The molecule has 2 amide bonds. The number of rotatable bonds is 6. The Morgan fingerprint density at radius 3 is 2.38 bits per heavy atom. The van der Waals surface area contributed by atoms with Gasteiger partial charge in [-0.1, -0.05) is 31.2 Å². The summed E-state index contributed by atoms with van der Waals surface area (Å²) in [6, 6.07) is 14.6. The quantitative estimate of drug-likeness (QED) is 0.849. The number of para-hydroxylation sites is 1. The van der Waals surface area contributed by atoms with Gasteiger partial charge in [-0.25, -0.2) is 0 Å². The molecule has 0 spiro atoms. The van der Waals surface area contributed by atoms with Crippen LogP contribution in [-0.4, -0.2) is 17.9 Å². The Bertz CT molecular complexity index is 728. The van der Waals surface area contributed by atoms with E-state index >= 15 is 0 Å². The van der Waals surface area contributed by atoms with Crippen molar-refractivity contribution in [1.29, 1.82) is 0 Å². The highest BCUT2D eigenvalue weighted by molar-refractivity contribution is 5.96. The summed E-state index contributed by atoms with van der Waals surface area (Å²) < 4.78 is 5.71. The van der Waals surface area contributed by atoms with E-state index in [1.165, 1.54) is 0 Å². The van der Waals surface area contributed by atoms with Crippen LogP contribution in [0, 0.1) is 6.92 Å². The largest absolute Gasteiger partial charge is 0.481 e. The molecule has 24 heavy (non-hydrogen) atoms. The van der Waals surface area contributed by atoms with Crippen LogP contribution in [-0.2, 0) is 9.59 Å². The van der Waals surface area contributed by atoms with Gasteiger partial charge < -0.3 is 15.4 Å². The lowest BCUT2D eigenvalue weighted by atomic mass is 10.2.